The van der Waals surface area contributed by atoms with Crippen LogP contribution in [-0.2, 0) is 4.79 Å². The molecule has 1 aromatic rings. The molecule has 0 unspecified atom stereocenters. The number of rotatable bonds is 2. The molecular formula is C14H20N6O2. The predicted octanol–water partition coefficient (Wildman–Crippen LogP) is -0.883. The van der Waals surface area contributed by atoms with Gasteiger partial charge < -0.3 is 15.1 Å². The molecule has 2 aliphatic heterocycles. The van der Waals surface area contributed by atoms with Crippen LogP contribution in [-0.4, -0.2) is 89.3 Å². The second-order valence-electron chi connectivity index (χ2n) is 5.61. The fourth-order valence-corrected chi connectivity index (χ4v) is 2.90. The molecule has 2 fully saturated rings. The van der Waals surface area contributed by atoms with Crippen LogP contribution in [0.4, 0.5) is 5.95 Å². The zero-order valence-electron chi connectivity index (χ0n) is 12.8. The van der Waals surface area contributed by atoms with E-state index in [9.17, 15) is 9.59 Å². The summed E-state index contributed by atoms with van der Waals surface area (Å²) in [5.41, 5.74) is 0.448. The molecule has 3 rings (SSSR count). The smallest absolute Gasteiger partial charge is 0.257 e. The van der Waals surface area contributed by atoms with Gasteiger partial charge in [0.1, 0.15) is 6.04 Å². The first-order valence-corrected chi connectivity index (χ1v) is 7.38. The zero-order chi connectivity index (χ0) is 15.7. The number of carbonyl (C=O) groups is 2. The monoisotopic (exact) mass is 304 g/mol. The van der Waals surface area contributed by atoms with E-state index in [4.69, 9.17) is 0 Å². The lowest BCUT2D eigenvalue weighted by atomic mass is 10.1. The van der Waals surface area contributed by atoms with Crippen LogP contribution in [0, 0.1) is 0 Å². The van der Waals surface area contributed by atoms with Gasteiger partial charge in [0, 0.05) is 59.2 Å². The quantitative estimate of drug-likeness (QED) is 0.764. The van der Waals surface area contributed by atoms with Gasteiger partial charge in [-0.05, 0) is 0 Å². The number of fused-ring (bicyclic) bond motifs is 1. The molecular weight excluding hydrogens is 284 g/mol. The van der Waals surface area contributed by atoms with Crippen LogP contribution in [0.3, 0.4) is 0 Å². The molecule has 8 nitrogen and oxygen atoms in total. The van der Waals surface area contributed by atoms with Crippen LogP contribution in [0.5, 0.6) is 0 Å². The van der Waals surface area contributed by atoms with E-state index < -0.39 is 0 Å². The highest BCUT2D eigenvalue weighted by Gasteiger charge is 2.38. The van der Waals surface area contributed by atoms with Gasteiger partial charge in [-0.3, -0.25) is 14.5 Å². The number of hydrogen-bond acceptors (Lipinski definition) is 6. The Kier molecular flexibility index (Phi) is 3.93. The highest BCUT2D eigenvalue weighted by molar-refractivity contribution is 5.94. The van der Waals surface area contributed by atoms with Crippen molar-refractivity contribution in [2.24, 2.45) is 0 Å². The van der Waals surface area contributed by atoms with Crippen molar-refractivity contribution in [3.8, 4) is 0 Å². The van der Waals surface area contributed by atoms with Gasteiger partial charge in [0.05, 0.1) is 5.56 Å². The second kappa shape index (κ2) is 5.88. The number of anilines is 1. The minimum Gasteiger partial charge on any atom is -0.357 e. The number of piperazine rings is 2. The molecule has 22 heavy (non-hydrogen) atoms. The molecule has 0 radical (unpaired) electrons. The van der Waals surface area contributed by atoms with Crippen molar-refractivity contribution in [2.45, 2.75) is 6.04 Å². The number of aromatic nitrogens is 2. The molecule has 0 saturated carbocycles. The van der Waals surface area contributed by atoms with Gasteiger partial charge in [0.2, 0.25) is 11.9 Å². The Morgan fingerprint density at radius 2 is 1.91 bits per heavy atom. The van der Waals surface area contributed by atoms with Gasteiger partial charge in [-0.15, -0.1) is 0 Å². The Morgan fingerprint density at radius 1 is 1.23 bits per heavy atom. The van der Waals surface area contributed by atoms with Gasteiger partial charge in [-0.1, -0.05) is 0 Å². The lowest BCUT2D eigenvalue weighted by Crippen LogP contribution is -2.64. The molecule has 8 heteroatoms. The fraction of sp³-hybridized carbons (Fsp3) is 0.571. The summed E-state index contributed by atoms with van der Waals surface area (Å²) >= 11 is 0. The van der Waals surface area contributed by atoms with Crippen LogP contribution in [0.15, 0.2) is 12.4 Å². The second-order valence-corrected chi connectivity index (χ2v) is 5.61. The summed E-state index contributed by atoms with van der Waals surface area (Å²) in [6, 6.07) is -0.228. The molecule has 0 spiro atoms. The van der Waals surface area contributed by atoms with Crippen LogP contribution >= 0.6 is 0 Å². The van der Waals surface area contributed by atoms with E-state index in [-0.39, 0.29) is 17.9 Å². The minimum atomic E-state index is -0.228. The summed E-state index contributed by atoms with van der Waals surface area (Å²) in [7, 11) is 3.53. The number of hydrogen-bond donors (Lipinski definition) is 1. The molecule has 1 N–H and O–H groups in total. The summed E-state index contributed by atoms with van der Waals surface area (Å²) in [5, 5.41) is 2.82. The van der Waals surface area contributed by atoms with Gasteiger partial charge >= 0.3 is 0 Å². The molecule has 118 valence electrons. The maximum atomic E-state index is 12.5. The Balaban J connectivity index is 1.72. The SMILES string of the molecule is CNc1ncc(C(=O)N2CCN3CCN(C)C(=O)[C@@H]3C2)cn1. The third-order valence-electron chi connectivity index (χ3n) is 4.28. The summed E-state index contributed by atoms with van der Waals surface area (Å²) in [6.45, 7) is 3.40. The molecule has 3 heterocycles. The molecule has 2 amide bonds. The first-order chi connectivity index (χ1) is 10.6. The van der Waals surface area contributed by atoms with E-state index in [1.807, 2.05) is 7.05 Å². The third kappa shape index (κ3) is 2.61. The van der Waals surface area contributed by atoms with Crippen molar-refractivity contribution >= 4 is 17.8 Å². The molecule has 1 atom stereocenters. The van der Waals surface area contributed by atoms with E-state index in [2.05, 4.69) is 20.2 Å². The molecule has 0 aromatic carbocycles. The van der Waals surface area contributed by atoms with E-state index in [1.165, 1.54) is 12.4 Å². The highest BCUT2D eigenvalue weighted by atomic mass is 16.2. The molecule has 0 aliphatic carbocycles. The van der Waals surface area contributed by atoms with Gasteiger partial charge in [-0.2, -0.15) is 0 Å². The lowest BCUT2D eigenvalue weighted by Gasteiger charge is -2.45. The van der Waals surface area contributed by atoms with Crippen LogP contribution < -0.4 is 5.32 Å². The largest absolute Gasteiger partial charge is 0.357 e. The predicted molar refractivity (Wildman–Crippen MR) is 80.5 cm³/mol. The average Bonchev–Trinajstić information content (AvgIpc) is 2.57. The van der Waals surface area contributed by atoms with Crippen LogP contribution in [0.2, 0.25) is 0 Å². The maximum Gasteiger partial charge on any atom is 0.257 e. The van der Waals surface area contributed by atoms with Gasteiger partial charge in [-0.25, -0.2) is 9.97 Å². The van der Waals surface area contributed by atoms with Crippen molar-refractivity contribution < 1.29 is 9.59 Å². The molecule has 2 saturated heterocycles. The maximum absolute atomic E-state index is 12.5. The van der Waals surface area contributed by atoms with Crippen molar-refractivity contribution in [2.75, 3.05) is 52.1 Å². The summed E-state index contributed by atoms with van der Waals surface area (Å²) in [5.74, 6) is 0.444. The standard InChI is InChI=1S/C14H20N6O2/c1-15-14-16-7-10(8-17-14)12(21)20-6-5-19-4-3-18(2)13(22)11(19)9-20/h7-8,11H,3-6,9H2,1-2H3,(H,15,16,17)/t11-/m0/s1. The van der Waals surface area contributed by atoms with E-state index >= 15 is 0 Å². The Bertz CT molecular complexity index is 575. The van der Waals surface area contributed by atoms with Gasteiger partial charge in [0.15, 0.2) is 0 Å². The zero-order valence-corrected chi connectivity index (χ0v) is 12.8. The first kappa shape index (κ1) is 14.7. The van der Waals surface area contributed by atoms with Gasteiger partial charge in [0.25, 0.3) is 5.91 Å². The first-order valence-electron chi connectivity index (χ1n) is 7.38. The Labute approximate surface area is 129 Å². The Hall–Kier alpha value is -2.22. The topological polar surface area (TPSA) is 81.7 Å². The van der Waals surface area contributed by atoms with Crippen molar-refractivity contribution in [3.63, 3.8) is 0 Å². The summed E-state index contributed by atoms with van der Waals surface area (Å²) < 4.78 is 0. The fourth-order valence-electron chi connectivity index (χ4n) is 2.90. The van der Waals surface area contributed by atoms with Crippen molar-refractivity contribution in [3.05, 3.63) is 18.0 Å². The third-order valence-corrected chi connectivity index (χ3v) is 4.28. The normalized spacial score (nSPS) is 22.5. The summed E-state index contributed by atoms with van der Waals surface area (Å²) in [4.78, 5) is 38.6. The van der Waals surface area contributed by atoms with Crippen LogP contribution in [0.25, 0.3) is 0 Å². The Morgan fingerprint density at radius 3 is 2.59 bits per heavy atom. The molecule has 0 bridgehead atoms. The van der Waals surface area contributed by atoms with E-state index in [1.54, 1.807) is 16.8 Å². The average molecular weight is 304 g/mol. The van der Waals surface area contributed by atoms with E-state index in [0.29, 0.717) is 24.6 Å². The lowest BCUT2D eigenvalue weighted by molar-refractivity contribution is -0.142. The van der Waals surface area contributed by atoms with Crippen molar-refractivity contribution in [1.82, 2.24) is 24.7 Å². The minimum absolute atomic E-state index is 0.0885. The van der Waals surface area contributed by atoms with Crippen LogP contribution in [0.1, 0.15) is 10.4 Å². The number of carbonyl (C=O) groups excluding carboxylic acids is 2. The number of likely N-dealkylation sites (N-methyl/N-ethyl adjacent to an activating group) is 1. The number of amides is 2. The van der Waals surface area contributed by atoms with Crippen molar-refractivity contribution in [1.29, 1.82) is 0 Å². The molecule has 2 aliphatic rings. The number of nitrogens with one attached hydrogen (secondary N) is 1. The molecule has 1 aromatic heterocycles. The van der Waals surface area contributed by atoms with E-state index in [0.717, 1.165) is 19.6 Å². The number of nitrogens with zero attached hydrogens (tertiary/aromatic N) is 5. The highest BCUT2D eigenvalue weighted by Crippen LogP contribution is 2.17. The summed E-state index contributed by atoms with van der Waals surface area (Å²) in [6.07, 6.45) is 3.03.